The molecule has 7 rings (SSSR count). The Bertz CT molecular complexity index is 1260. The van der Waals surface area contributed by atoms with Gasteiger partial charge in [-0.25, -0.2) is 4.79 Å². The number of rotatable bonds is 6. The number of ether oxygens (including phenoxy) is 6. The molecule has 4 aliphatic carbocycles. The molecule has 0 bridgehead atoms. The van der Waals surface area contributed by atoms with Gasteiger partial charge < -0.3 is 43.7 Å². The average molecular weight is 677 g/mol. The van der Waals surface area contributed by atoms with Gasteiger partial charge in [0.1, 0.15) is 24.9 Å². The van der Waals surface area contributed by atoms with Gasteiger partial charge in [-0.05, 0) is 106 Å². The molecule has 4 saturated carbocycles. The fourth-order valence-corrected chi connectivity index (χ4v) is 11.6. The van der Waals surface area contributed by atoms with Crippen molar-refractivity contribution >= 4 is 11.9 Å². The van der Waals surface area contributed by atoms with Crippen LogP contribution in [0.2, 0.25) is 0 Å². The van der Waals surface area contributed by atoms with Crippen molar-refractivity contribution in [2.45, 2.75) is 166 Å². The number of carbonyl (C=O) groups is 2. The van der Waals surface area contributed by atoms with Crippen molar-refractivity contribution in [2.24, 2.45) is 34.5 Å². The minimum atomic E-state index is -0.986. The van der Waals surface area contributed by atoms with Crippen LogP contribution in [-0.2, 0) is 38.0 Å². The van der Waals surface area contributed by atoms with Gasteiger partial charge >= 0.3 is 11.9 Å². The summed E-state index contributed by atoms with van der Waals surface area (Å²) in [7, 11) is 0. The molecular weight excluding hydrogens is 620 g/mol. The highest BCUT2D eigenvalue weighted by Gasteiger charge is 2.67. The largest absolute Gasteiger partial charge is 0.459 e. The third-order valence-corrected chi connectivity index (χ3v) is 14.2. The summed E-state index contributed by atoms with van der Waals surface area (Å²) >= 11 is 0. The maximum Gasteiger partial charge on any atom is 0.331 e. The van der Waals surface area contributed by atoms with Crippen LogP contribution < -0.4 is 0 Å². The first-order valence-electron chi connectivity index (χ1n) is 18.5. The van der Waals surface area contributed by atoms with E-state index >= 15 is 0 Å². The third-order valence-electron chi connectivity index (χ3n) is 14.2. The molecule has 3 heterocycles. The van der Waals surface area contributed by atoms with Gasteiger partial charge in [-0.3, -0.25) is 4.79 Å². The van der Waals surface area contributed by atoms with Crippen LogP contribution in [-0.4, -0.2) is 94.8 Å². The SMILES string of the molecule is CC(=O)O[C@H]1C[C@H](O[C@H]2CC[C@@]3(C)[C@H](CC[C@@H]4[C@@H]3CC[C@]3(C)[C@@H](C5=CC(=O)OC5)CC[C@]43O)C2)O[C@H](C)[C@H]1O[C@H]1C[C@H](O)[C@H](O)[C@@H](C)O1. The van der Waals surface area contributed by atoms with Gasteiger partial charge in [0.25, 0.3) is 0 Å². The van der Waals surface area contributed by atoms with Crippen molar-refractivity contribution in [1.29, 1.82) is 0 Å². The number of cyclic esters (lactones) is 1. The number of aliphatic hydroxyl groups is 3. The van der Waals surface area contributed by atoms with Crippen LogP contribution in [0.4, 0.5) is 0 Å². The summed E-state index contributed by atoms with van der Waals surface area (Å²) in [6.07, 6.45) is 5.24. The molecule has 0 aromatic heterocycles. The van der Waals surface area contributed by atoms with E-state index in [1.54, 1.807) is 13.0 Å². The molecule has 11 nitrogen and oxygen atoms in total. The standard InChI is InChI=1S/C37H56O11/c1-19-33(41)28(39)16-31(44-19)48-34-20(2)45-32(17-29(34)46-21(3)38)47-24-8-11-35(4)23(15-24)6-7-27-26(35)9-12-36(5)25(10-13-37(27,36)42)22-14-30(40)43-18-22/h14,19-20,23-29,31-34,39,41-42H,6-13,15-18H2,1-5H3/t19-,20-,23-,24+,25-,26+,27-,28+,29+,31+,32+,33-,34-,35+,36-,37+/m1/s1. The summed E-state index contributed by atoms with van der Waals surface area (Å²) in [5, 5.41) is 32.9. The van der Waals surface area contributed by atoms with Gasteiger partial charge in [0.2, 0.25) is 0 Å². The van der Waals surface area contributed by atoms with Crippen molar-refractivity contribution < 1.29 is 53.3 Å². The second-order valence-electron chi connectivity index (χ2n) is 16.6. The quantitative estimate of drug-likeness (QED) is 0.277. The van der Waals surface area contributed by atoms with Gasteiger partial charge in [0.15, 0.2) is 12.6 Å². The second kappa shape index (κ2) is 12.9. The highest BCUT2D eigenvalue weighted by Crippen LogP contribution is 2.70. The lowest BCUT2D eigenvalue weighted by Crippen LogP contribution is -2.62. The zero-order valence-corrected chi connectivity index (χ0v) is 29.2. The lowest BCUT2D eigenvalue weighted by Gasteiger charge is -2.64. The van der Waals surface area contributed by atoms with Crippen LogP contribution in [0.5, 0.6) is 0 Å². The third kappa shape index (κ3) is 5.87. The molecule has 11 heteroatoms. The van der Waals surface area contributed by atoms with Crippen LogP contribution in [0.3, 0.4) is 0 Å². The Kier molecular flexibility index (Phi) is 9.34. The molecule has 6 fully saturated rings. The van der Waals surface area contributed by atoms with Gasteiger partial charge in [0, 0.05) is 31.3 Å². The van der Waals surface area contributed by atoms with Crippen LogP contribution in [0.15, 0.2) is 11.6 Å². The highest BCUT2D eigenvalue weighted by molar-refractivity contribution is 5.85. The van der Waals surface area contributed by atoms with Gasteiger partial charge in [-0.1, -0.05) is 13.8 Å². The molecule has 3 N–H and O–H groups in total. The molecule has 0 aromatic carbocycles. The Labute approximate surface area is 284 Å². The smallest absolute Gasteiger partial charge is 0.331 e. The minimum Gasteiger partial charge on any atom is -0.459 e. The average Bonchev–Trinajstić information content (AvgIpc) is 3.57. The Morgan fingerprint density at radius 1 is 0.896 bits per heavy atom. The normalized spacial score (nSPS) is 52.0. The summed E-state index contributed by atoms with van der Waals surface area (Å²) in [5.74, 6) is 0.717. The van der Waals surface area contributed by atoms with Crippen molar-refractivity contribution in [3.8, 4) is 0 Å². The molecule has 16 atom stereocenters. The monoisotopic (exact) mass is 676 g/mol. The van der Waals surface area contributed by atoms with E-state index < -0.39 is 60.8 Å². The van der Waals surface area contributed by atoms with Crippen molar-refractivity contribution in [3.05, 3.63) is 11.6 Å². The molecule has 0 radical (unpaired) electrons. The molecule has 270 valence electrons. The topological polar surface area (TPSA) is 150 Å². The molecule has 7 aliphatic rings. The van der Waals surface area contributed by atoms with E-state index in [9.17, 15) is 24.9 Å². The van der Waals surface area contributed by atoms with Crippen LogP contribution in [0.1, 0.15) is 105 Å². The molecule has 0 unspecified atom stereocenters. The summed E-state index contributed by atoms with van der Waals surface area (Å²) in [6, 6.07) is 0. The number of esters is 2. The van der Waals surface area contributed by atoms with E-state index in [1.165, 1.54) is 6.92 Å². The number of carbonyl (C=O) groups excluding carboxylic acids is 2. The summed E-state index contributed by atoms with van der Waals surface area (Å²) in [6.45, 7) is 10.0. The number of fused-ring (bicyclic) bond motifs is 5. The van der Waals surface area contributed by atoms with Gasteiger partial charge in [-0.15, -0.1) is 0 Å². The van der Waals surface area contributed by atoms with E-state index in [1.807, 2.05) is 6.92 Å². The summed E-state index contributed by atoms with van der Waals surface area (Å²) in [5.41, 5.74) is 0.218. The van der Waals surface area contributed by atoms with E-state index in [-0.39, 0.29) is 41.2 Å². The van der Waals surface area contributed by atoms with E-state index in [4.69, 9.17) is 28.4 Å². The van der Waals surface area contributed by atoms with Gasteiger partial charge in [0.05, 0.1) is 30.0 Å². The lowest BCUT2D eigenvalue weighted by molar-refractivity contribution is -0.319. The molecule has 3 aliphatic heterocycles. The Hall–Kier alpha value is -1.60. The molecule has 0 aromatic rings. The van der Waals surface area contributed by atoms with E-state index in [2.05, 4.69) is 13.8 Å². The summed E-state index contributed by atoms with van der Waals surface area (Å²) < 4.78 is 36.0. The predicted octanol–water partition coefficient (Wildman–Crippen LogP) is 3.94. The van der Waals surface area contributed by atoms with E-state index in [0.717, 1.165) is 63.4 Å². The van der Waals surface area contributed by atoms with E-state index in [0.29, 0.717) is 24.9 Å². The van der Waals surface area contributed by atoms with Crippen LogP contribution in [0, 0.1) is 34.5 Å². The van der Waals surface area contributed by atoms with Crippen LogP contribution >= 0.6 is 0 Å². The first-order valence-corrected chi connectivity index (χ1v) is 18.5. The first kappa shape index (κ1) is 34.8. The zero-order valence-electron chi connectivity index (χ0n) is 29.2. The fraction of sp³-hybridized carbons (Fsp3) is 0.892. The zero-order chi connectivity index (χ0) is 34.2. The Morgan fingerprint density at radius 2 is 1.65 bits per heavy atom. The van der Waals surface area contributed by atoms with Crippen molar-refractivity contribution in [3.63, 3.8) is 0 Å². The molecule has 0 spiro atoms. The lowest BCUT2D eigenvalue weighted by atomic mass is 9.43. The molecule has 48 heavy (non-hydrogen) atoms. The minimum absolute atomic E-state index is 0.0195. The second-order valence-corrected chi connectivity index (χ2v) is 16.6. The fourth-order valence-electron chi connectivity index (χ4n) is 11.6. The maximum absolute atomic E-state index is 12.5. The Morgan fingerprint density at radius 3 is 2.35 bits per heavy atom. The Balaban J connectivity index is 0.987. The predicted molar refractivity (Wildman–Crippen MR) is 171 cm³/mol. The maximum atomic E-state index is 12.5. The summed E-state index contributed by atoms with van der Waals surface area (Å²) in [4.78, 5) is 24.0. The van der Waals surface area contributed by atoms with Crippen LogP contribution in [0.25, 0.3) is 0 Å². The van der Waals surface area contributed by atoms with Crippen molar-refractivity contribution in [2.75, 3.05) is 6.61 Å². The first-order chi connectivity index (χ1) is 22.7. The highest BCUT2D eigenvalue weighted by atomic mass is 16.7. The molecule has 2 saturated heterocycles. The number of hydrogen-bond donors (Lipinski definition) is 3. The molecular formula is C37H56O11. The van der Waals surface area contributed by atoms with Crippen molar-refractivity contribution in [1.82, 2.24) is 0 Å². The number of aliphatic hydroxyl groups excluding tert-OH is 2. The molecule has 0 amide bonds. The van der Waals surface area contributed by atoms with Gasteiger partial charge in [-0.2, -0.15) is 0 Å². The number of hydrogen-bond acceptors (Lipinski definition) is 11.